The second kappa shape index (κ2) is 3.41. The van der Waals surface area contributed by atoms with E-state index in [0.29, 0.717) is 0 Å². The average molecular weight is 141 g/mol. The molecule has 1 fully saturated rings. The molecule has 57 valence electrons. The molecule has 4 nitrogen and oxygen atoms in total. The minimum atomic E-state index is -0.0475. The van der Waals surface area contributed by atoms with Crippen molar-refractivity contribution >= 4 is 5.96 Å². The van der Waals surface area contributed by atoms with E-state index in [2.05, 4.69) is 10.6 Å². The van der Waals surface area contributed by atoms with Crippen molar-refractivity contribution in [2.24, 2.45) is 5.73 Å². The number of nitrogens with zero attached hydrogens (tertiary/aromatic N) is 1. The molecule has 1 aliphatic heterocycles. The molecule has 1 radical (unpaired) electrons. The van der Waals surface area contributed by atoms with Gasteiger partial charge >= 0.3 is 0 Å². The second-order valence-corrected chi connectivity index (χ2v) is 2.51. The van der Waals surface area contributed by atoms with Crippen LogP contribution in [0.2, 0.25) is 0 Å². The Morgan fingerprint density at radius 1 is 1.70 bits per heavy atom. The van der Waals surface area contributed by atoms with Gasteiger partial charge in [-0.3, -0.25) is 5.41 Å². The quantitative estimate of drug-likeness (QED) is 0.331. The van der Waals surface area contributed by atoms with E-state index in [1.54, 1.807) is 0 Å². The standard InChI is InChI=1S/C6H13N4/c7-6(8)10-5-2-1-3-9-4-5/h5,9H,1-4H2,(H3,7,8). The predicted molar refractivity (Wildman–Crippen MR) is 39.9 cm³/mol. The van der Waals surface area contributed by atoms with Gasteiger partial charge in [0.05, 0.1) is 6.04 Å². The summed E-state index contributed by atoms with van der Waals surface area (Å²) in [5, 5.41) is 14.0. The molecule has 1 rings (SSSR count). The summed E-state index contributed by atoms with van der Waals surface area (Å²) >= 11 is 0. The first kappa shape index (κ1) is 7.34. The Labute approximate surface area is 60.7 Å². The fourth-order valence-corrected chi connectivity index (χ4v) is 1.14. The molecule has 0 aliphatic carbocycles. The normalized spacial score (nSPS) is 25.8. The van der Waals surface area contributed by atoms with Crippen molar-refractivity contribution in [1.82, 2.24) is 10.6 Å². The molecule has 4 N–H and O–H groups in total. The number of nitrogens with one attached hydrogen (secondary N) is 2. The van der Waals surface area contributed by atoms with E-state index in [0.717, 1.165) is 25.9 Å². The molecule has 1 atom stereocenters. The van der Waals surface area contributed by atoms with Crippen LogP contribution < -0.4 is 16.4 Å². The van der Waals surface area contributed by atoms with E-state index in [-0.39, 0.29) is 12.0 Å². The Kier molecular flexibility index (Phi) is 2.50. The van der Waals surface area contributed by atoms with Crippen LogP contribution in [0.5, 0.6) is 0 Å². The van der Waals surface area contributed by atoms with Gasteiger partial charge in [-0.15, -0.1) is 0 Å². The summed E-state index contributed by atoms with van der Waals surface area (Å²) in [4.78, 5) is 0. The third kappa shape index (κ3) is 2.23. The lowest BCUT2D eigenvalue weighted by Gasteiger charge is -2.21. The predicted octanol–water partition coefficient (Wildman–Crippen LogP) is -0.764. The maximum Gasteiger partial charge on any atom is 0.208 e. The van der Waals surface area contributed by atoms with Gasteiger partial charge in [0, 0.05) is 6.54 Å². The van der Waals surface area contributed by atoms with Crippen LogP contribution in [0.4, 0.5) is 0 Å². The Bertz CT molecular complexity index is 117. The van der Waals surface area contributed by atoms with E-state index in [1.165, 1.54) is 0 Å². The van der Waals surface area contributed by atoms with Gasteiger partial charge in [0.25, 0.3) is 0 Å². The maximum atomic E-state index is 6.91. The lowest BCUT2D eigenvalue weighted by molar-refractivity contribution is 0.425. The first-order chi connectivity index (χ1) is 4.79. The monoisotopic (exact) mass is 141 g/mol. The van der Waals surface area contributed by atoms with Gasteiger partial charge in [-0.25, -0.2) is 5.32 Å². The highest BCUT2D eigenvalue weighted by molar-refractivity contribution is 5.74. The minimum absolute atomic E-state index is 0.0475. The van der Waals surface area contributed by atoms with Crippen molar-refractivity contribution in [1.29, 1.82) is 5.41 Å². The summed E-state index contributed by atoms with van der Waals surface area (Å²) in [7, 11) is 0. The third-order valence-electron chi connectivity index (χ3n) is 1.59. The van der Waals surface area contributed by atoms with Crippen LogP contribution in [-0.2, 0) is 0 Å². The van der Waals surface area contributed by atoms with Gasteiger partial charge in [-0.05, 0) is 19.4 Å². The largest absolute Gasteiger partial charge is 0.369 e. The van der Waals surface area contributed by atoms with Crippen LogP contribution in [0.1, 0.15) is 12.8 Å². The Balaban J connectivity index is 2.19. The van der Waals surface area contributed by atoms with Crippen molar-refractivity contribution in [2.45, 2.75) is 18.9 Å². The van der Waals surface area contributed by atoms with Crippen molar-refractivity contribution in [3.05, 3.63) is 0 Å². The van der Waals surface area contributed by atoms with E-state index < -0.39 is 0 Å². The van der Waals surface area contributed by atoms with Crippen molar-refractivity contribution in [2.75, 3.05) is 13.1 Å². The van der Waals surface area contributed by atoms with Crippen LogP contribution >= 0.6 is 0 Å². The molecule has 0 aromatic rings. The summed E-state index contributed by atoms with van der Waals surface area (Å²) in [6, 6.07) is 0.242. The van der Waals surface area contributed by atoms with Gasteiger partial charge in [0.15, 0.2) is 0 Å². The SMILES string of the molecule is N=C(N)[N]C1CCCNC1. The summed E-state index contributed by atoms with van der Waals surface area (Å²) in [6.45, 7) is 1.95. The first-order valence-corrected chi connectivity index (χ1v) is 3.54. The van der Waals surface area contributed by atoms with E-state index in [1.807, 2.05) is 0 Å². The molecule has 1 heterocycles. The Hall–Kier alpha value is -0.770. The maximum absolute atomic E-state index is 6.91. The molecular weight excluding hydrogens is 128 g/mol. The van der Waals surface area contributed by atoms with Crippen molar-refractivity contribution in [3.63, 3.8) is 0 Å². The molecule has 1 saturated heterocycles. The summed E-state index contributed by atoms with van der Waals surface area (Å²) in [6.07, 6.45) is 2.20. The van der Waals surface area contributed by atoms with Gasteiger partial charge < -0.3 is 11.1 Å². The summed E-state index contributed by atoms with van der Waals surface area (Å²) < 4.78 is 0. The zero-order chi connectivity index (χ0) is 7.40. The number of nitrogens with two attached hydrogens (primary N) is 1. The van der Waals surface area contributed by atoms with Crippen LogP contribution in [0.25, 0.3) is 0 Å². The Morgan fingerprint density at radius 3 is 3.00 bits per heavy atom. The zero-order valence-electron chi connectivity index (χ0n) is 5.93. The molecule has 0 bridgehead atoms. The van der Waals surface area contributed by atoms with Crippen molar-refractivity contribution < 1.29 is 0 Å². The van der Waals surface area contributed by atoms with Crippen LogP contribution in [0.15, 0.2) is 0 Å². The highest BCUT2D eigenvalue weighted by atomic mass is 15.1. The molecular formula is C6H13N4. The molecule has 0 aromatic carbocycles. The number of hydrogen-bond acceptors (Lipinski definition) is 2. The Morgan fingerprint density at radius 2 is 2.50 bits per heavy atom. The van der Waals surface area contributed by atoms with Crippen molar-refractivity contribution in [3.8, 4) is 0 Å². The first-order valence-electron chi connectivity index (χ1n) is 3.54. The summed E-state index contributed by atoms with van der Waals surface area (Å²) in [5.74, 6) is -0.0475. The van der Waals surface area contributed by atoms with Gasteiger partial charge in [0.2, 0.25) is 5.96 Å². The molecule has 1 aliphatic rings. The smallest absolute Gasteiger partial charge is 0.208 e. The number of guanidine groups is 1. The summed E-state index contributed by atoms with van der Waals surface area (Å²) in [5.41, 5.74) is 5.11. The average Bonchev–Trinajstić information content (AvgIpc) is 1.88. The van der Waals surface area contributed by atoms with E-state index >= 15 is 0 Å². The molecule has 10 heavy (non-hydrogen) atoms. The third-order valence-corrected chi connectivity index (χ3v) is 1.59. The van der Waals surface area contributed by atoms with E-state index in [4.69, 9.17) is 11.1 Å². The van der Waals surface area contributed by atoms with Gasteiger partial charge in [0.1, 0.15) is 0 Å². The molecule has 1 unspecified atom stereocenters. The number of rotatable bonds is 1. The van der Waals surface area contributed by atoms with Crippen LogP contribution in [0.3, 0.4) is 0 Å². The van der Waals surface area contributed by atoms with Gasteiger partial charge in [-0.1, -0.05) is 0 Å². The molecule has 0 spiro atoms. The second-order valence-electron chi connectivity index (χ2n) is 2.51. The highest BCUT2D eigenvalue weighted by Gasteiger charge is 2.13. The topological polar surface area (TPSA) is 76.0 Å². The lowest BCUT2D eigenvalue weighted by atomic mass is 10.1. The molecule has 0 aromatic heterocycles. The number of hydrogen-bond donors (Lipinski definition) is 3. The fourth-order valence-electron chi connectivity index (χ4n) is 1.14. The lowest BCUT2D eigenvalue weighted by Crippen LogP contribution is -2.43. The van der Waals surface area contributed by atoms with E-state index in [9.17, 15) is 0 Å². The zero-order valence-corrected chi connectivity index (χ0v) is 5.93. The molecule has 0 amide bonds. The number of piperidine rings is 1. The highest BCUT2D eigenvalue weighted by Crippen LogP contribution is 2.00. The van der Waals surface area contributed by atoms with Gasteiger partial charge in [-0.2, -0.15) is 0 Å². The minimum Gasteiger partial charge on any atom is -0.369 e. The molecule has 0 saturated carbocycles. The van der Waals surface area contributed by atoms with Crippen LogP contribution in [-0.4, -0.2) is 25.1 Å². The fraction of sp³-hybridized carbons (Fsp3) is 0.833. The van der Waals surface area contributed by atoms with Crippen LogP contribution in [0, 0.1) is 5.41 Å². The molecule has 4 heteroatoms.